The zero-order chi connectivity index (χ0) is 19.0. The standard InChI is InChI=1S/C21H24N6.ClH/c1-5-16-8-6-7-13(2)18(16)10-22-19-9-17(20-23-12-24-26-20)11-27-15(4)14(3)25-21(19)27;/h6-9,11-12,22H,5,10H2,1-4H3,(H,23,24,26);1H. The maximum atomic E-state index is 4.77. The molecule has 0 aliphatic heterocycles. The Morgan fingerprint density at radius 1 is 1.18 bits per heavy atom. The highest BCUT2D eigenvalue weighted by Crippen LogP contribution is 2.27. The van der Waals surface area contributed by atoms with E-state index in [2.05, 4.69) is 76.1 Å². The van der Waals surface area contributed by atoms with E-state index in [1.165, 1.54) is 23.0 Å². The molecule has 0 atom stereocenters. The van der Waals surface area contributed by atoms with Crippen molar-refractivity contribution >= 4 is 23.7 Å². The molecule has 146 valence electrons. The molecule has 0 aliphatic carbocycles. The van der Waals surface area contributed by atoms with E-state index in [1.54, 1.807) is 0 Å². The molecule has 4 rings (SSSR count). The molecule has 3 aromatic heterocycles. The number of nitrogens with zero attached hydrogens (tertiary/aromatic N) is 4. The number of rotatable bonds is 5. The van der Waals surface area contributed by atoms with Crippen LogP contribution < -0.4 is 5.32 Å². The number of aryl methyl sites for hydroxylation is 4. The summed E-state index contributed by atoms with van der Waals surface area (Å²) in [5.41, 5.74) is 9.08. The summed E-state index contributed by atoms with van der Waals surface area (Å²) in [6.45, 7) is 9.25. The monoisotopic (exact) mass is 396 g/mol. The molecule has 2 N–H and O–H groups in total. The number of fused-ring (bicyclic) bond motifs is 1. The number of halogens is 1. The van der Waals surface area contributed by atoms with E-state index in [4.69, 9.17) is 4.98 Å². The highest BCUT2D eigenvalue weighted by atomic mass is 35.5. The van der Waals surface area contributed by atoms with E-state index in [1.807, 2.05) is 6.92 Å². The van der Waals surface area contributed by atoms with Gasteiger partial charge in [0.05, 0.1) is 11.4 Å². The molecule has 0 bridgehead atoms. The Labute approximate surface area is 170 Å². The van der Waals surface area contributed by atoms with Gasteiger partial charge in [-0.3, -0.25) is 5.10 Å². The first-order valence-corrected chi connectivity index (χ1v) is 9.24. The summed E-state index contributed by atoms with van der Waals surface area (Å²) >= 11 is 0. The second-order valence-electron chi connectivity index (χ2n) is 6.87. The molecule has 0 saturated carbocycles. The number of pyridine rings is 1. The van der Waals surface area contributed by atoms with Crippen LogP contribution in [0.15, 0.2) is 36.8 Å². The number of aromatic amines is 1. The van der Waals surface area contributed by atoms with Gasteiger partial charge in [0.25, 0.3) is 0 Å². The Kier molecular flexibility index (Phi) is 5.70. The minimum atomic E-state index is 0. The molecule has 0 fully saturated rings. The minimum Gasteiger partial charge on any atom is -0.378 e. The van der Waals surface area contributed by atoms with Crippen molar-refractivity contribution in [1.82, 2.24) is 24.6 Å². The molecule has 6 nitrogen and oxygen atoms in total. The molecule has 28 heavy (non-hydrogen) atoms. The smallest absolute Gasteiger partial charge is 0.160 e. The Hall–Kier alpha value is -2.86. The van der Waals surface area contributed by atoms with E-state index in [0.29, 0.717) is 0 Å². The van der Waals surface area contributed by atoms with Gasteiger partial charge in [-0.05, 0) is 49.9 Å². The molecule has 0 spiro atoms. The van der Waals surface area contributed by atoms with Gasteiger partial charge in [0.2, 0.25) is 0 Å². The lowest BCUT2D eigenvalue weighted by atomic mass is 10.00. The van der Waals surface area contributed by atoms with Gasteiger partial charge in [-0.1, -0.05) is 25.1 Å². The molecule has 0 unspecified atom stereocenters. The zero-order valence-corrected chi connectivity index (χ0v) is 17.4. The fourth-order valence-corrected chi connectivity index (χ4v) is 3.51. The molecule has 0 radical (unpaired) electrons. The molecule has 3 heterocycles. The summed E-state index contributed by atoms with van der Waals surface area (Å²) in [5.74, 6) is 0.746. The van der Waals surface area contributed by atoms with Crippen LogP contribution in [0, 0.1) is 20.8 Å². The van der Waals surface area contributed by atoms with Gasteiger partial charge in [-0.25, -0.2) is 9.97 Å². The Morgan fingerprint density at radius 2 is 2.00 bits per heavy atom. The van der Waals surface area contributed by atoms with Crippen LogP contribution in [0.25, 0.3) is 17.0 Å². The van der Waals surface area contributed by atoms with Crippen molar-refractivity contribution < 1.29 is 0 Å². The maximum Gasteiger partial charge on any atom is 0.160 e. The topological polar surface area (TPSA) is 70.9 Å². The predicted molar refractivity (Wildman–Crippen MR) is 115 cm³/mol. The van der Waals surface area contributed by atoms with Crippen molar-refractivity contribution in [2.45, 2.75) is 40.7 Å². The summed E-state index contributed by atoms with van der Waals surface area (Å²) in [5, 5.41) is 10.5. The van der Waals surface area contributed by atoms with Crippen molar-refractivity contribution in [1.29, 1.82) is 0 Å². The number of hydrogen-bond donors (Lipinski definition) is 2. The van der Waals surface area contributed by atoms with Crippen molar-refractivity contribution in [3.63, 3.8) is 0 Å². The third kappa shape index (κ3) is 3.47. The van der Waals surface area contributed by atoms with E-state index < -0.39 is 0 Å². The van der Waals surface area contributed by atoms with E-state index in [0.717, 1.165) is 47.1 Å². The van der Waals surface area contributed by atoms with Crippen LogP contribution in [-0.4, -0.2) is 24.6 Å². The normalized spacial score (nSPS) is 10.9. The number of benzene rings is 1. The molecule has 7 heteroatoms. The molecule has 0 saturated heterocycles. The van der Waals surface area contributed by atoms with Gasteiger partial charge >= 0.3 is 0 Å². The van der Waals surface area contributed by atoms with Gasteiger partial charge in [0.15, 0.2) is 11.5 Å². The van der Waals surface area contributed by atoms with Crippen LogP contribution in [0.2, 0.25) is 0 Å². The summed E-state index contributed by atoms with van der Waals surface area (Å²) in [6.07, 6.45) is 4.61. The zero-order valence-electron chi connectivity index (χ0n) is 16.6. The van der Waals surface area contributed by atoms with E-state index in [-0.39, 0.29) is 12.4 Å². The Morgan fingerprint density at radius 3 is 2.71 bits per heavy atom. The van der Waals surface area contributed by atoms with Crippen LogP contribution in [0.1, 0.15) is 35.0 Å². The summed E-state index contributed by atoms with van der Waals surface area (Å²) in [4.78, 5) is 9.07. The third-order valence-electron chi connectivity index (χ3n) is 5.23. The second kappa shape index (κ2) is 8.02. The highest BCUT2D eigenvalue weighted by molar-refractivity contribution is 5.85. The van der Waals surface area contributed by atoms with Gasteiger partial charge in [-0.15, -0.1) is 12.4 Å². The molecule has 4 aromatic rings. The van der Waals surface area contributed by atoms with Crippen molar-refractivity contribution in [2.75, 3.05) is 5.32 Å². The largest absolute Gasteiger partial charge is 0.378 e. The third-order valence-corrected chi connectivity index (χ3v) is 5.23. The van der Waals surface area contributed by atoms with Crippen molar-refractivity contribution in [2.24, 2.45) is 0 Å². The molecule has 0 amide bonds. The van der Waals surface area contributed by atoms with Crippen molar-refractivity contribution in [3.8, 4) is 11.4 Å². The number of nitrogens with one attached hydrogen (secondary N) is 2. The quantitative estimate of drug-likeness (QED) is 0.515. The van der Waals surface area contributed by atoms with Crippen LogP contribution in [0.5, 0.6) is 0 Å². The van der Waals surface area contributed by atoms with E-state index in [9.17, 15) is 0 Å². The lowest BCUT2D eigenvalue weighted by molar-refractivity contribution is 1.02. The maximum absolute atomic E-state index is 4.77. The average Bonchev–Trinajstić information content (AvgIpc) is 3.30. The fourth-order valence-electron chi connectivity index (χ4n) is 3.51. The van der Waals surface area contributed by atoms with Crippen LogP contribution in [0.3, 0.4) is 0 Å². The van der Waals surface area contributed by atoms with Crippen molar-refractivity contribution in [3.05, 3.63) is 64.9 Å². The van der Waals surface area contributed by atoms with E-state index >= 15 is 0 Å². The van der Waals surface area contributed by atoms with Gasteiger partial charge < -0.3 is 9.72 Å². The SMILES string of the molecule is CCc1cccc(C)c1CNc1cc(-c2ncn[nH]2)cn2c(C)c(C)nc12.Cl. The highest BCUT2D eigenvalue weighted by Gasteiger charge is 2.14. The molecular formula is C21H25ClN6. The van der Waals surface area contributed by atoms with Gasteiger partial charge in [0, 0.05) is 24.0 Å². The summed E-state index contributed by atoms with van der Waals surface area (Å²) in [7, 11) is 0. The summed E-state index contributed by atoms with van der Waals surface area (Å²) in [6, 6.07) is 8.59. The van der Waals surface area contributed by atoms with Crippen LogP contribution in [0.4, 0.5) is 5.69 Å². The number of imidazole rings is 1. The lowest BCUT2D eigenvalue weighted by Gasteiger charge is -2.15. The number of anilines is 1. The number of hydrogen-bond acceptors (Lipinski definition) is 4. The number of aromatic nitrogens is 5. The summed E-state index contributed by atoms with van der Waals surface area (Å²) < 4.78 is 2.12. The first kappa shape index (κ1) is 19.9. The van der Waals surface area contributed by atoms with Crippen LogP contribution in [-0.2, 0) is 13.0 Å². The minimum absolute atomic E-state index is 0. The van der Waals surface area contributed by atoms with Gasteiger partial charge in [-0.2, -0.15) is 5.10 Å². The lowest BCUT2D eigenvalue weighted by Crippen LogP contribution is -2.06. The second-order valence-corrected chi connectivity index (χ2v) is 6.87. The Bertz CT molecular complexity index is 1100. The average molecular weight is 397 g/mol. The van der Waals surface area contributed by atoms with Gasteiger partial charge in [0.1, 0.15) is 6.33 Å². The molecule has 0 aliphatic rings. The first-order chi connectivity index (χ1) is 13.1. The molecular weight excluding hydrogens is 372 g/mol. The number of H-pyrrole nitrogens is 1. The Balaban J connectivity index is 0.00000225. The fraction of sp³-hybridized carbons (Fsp3) is 0.286. The predicted octanol–water partition coefficient (Wildman–Crippen LogP) is 4.64. The molecule has 1 aromatic carbocycles. The van der Waals surface area contributed by atoms with Crippen LogP contribution >= 0.6 is 12.4 Å². The first-order valence-electron chi connectivity index (χ1n) is 9.24.